The Kier molecular flexibility index (Phi) is 4.56. The average molecular weight is 299 g/mol. The van der Waals surface area contributed by atoms with Crippen molar-refractivity contribution in [3.8, 4) is 0 Å². The first-order valence-electron chi connectivity index (χ1n) is 7.94. The van der Waals surface area contributed by atoms with Crippen molar-refractivity contribution < 1.29 is 14.3 Å². The molecule has 2 aliphatic rings. The van der Waals surface area contributed by atoms with E-state index in [1.807, 2.05) is 36.4 Å². The van der Waals surface area contributed by atoms with Crippen molar-refractivity contribution in [3.63, 3.8) is 0 Å². The predicted molar refractivity (Wildman–Crippen MR) is 83.2 cm³/mol. The molecule has 1 atom stereocenters. The van der Waals surface area contributed by atoms with Crippen molar-refractivity contribution in [2.24, 2.45) is 5.92 Å². The number of benzene rings is 1. The molecule has 3 rings (SSSR count). The van der Waals surface area contributed by atoms with Gasteiger partial charge in [-0.3, -0.25) is 4.79 Å². The molecule has 0 aromatic heterocycles. The van der Waals surface area contributed by atoms with E-state index in [0.717, 1.165) is 24.3 Å². The normalized spacial score (nSPS) is 21.4. The SMILES string of the molecule is O=C(C=CCCC1CC1)N1C(=O)OCC1Cc1ccccc1. The molecule has 0 radical (unpaired) electrons. The number of hydrogen-bond acceptors (Lipinski definition) is 3. The van der Waals surface area contributed by atoms with Crippen LogP contribution in [0.3, 0.4) is 0 Å². The Bertz CT molecular complexity index is 563. The molecular weight excluding hydrogens is 278 g/mol. The van der Waals surface area contributed by atoms with E-state index >= 15 is 0 Å². The third-order valence-electron chi connectivity index (χ3n) is 4.21. The van der Waals surface area contributed by atoms with Crippen molar-refractivity contribution in [1.82, 2.24) is 4.90 Å². The van der Waals surface area contributed by atoms with Gasteiger partial charge in [0.15, 0.2) is 0 Å². The van der Waals surface area contributed by atoms with E-state index in [1.165, 1.54) is 23.8 Å². The molecule has 1 saturated heterocycles. The largest absolute Gasteiger partial charge is 0.447 e. The highest BCUT2D eigenvalue weighted by Crippen LogP contribution is 2.33. The van der Waals surface area contributed by atoms with Crippen LogP contribution in [0.5, 0.6) is 0 Å². The summed E-state index contributed by atoms with van der Waals surface area (Å²) in [5, 5.41) is 0. The van der Waals surface area contributed by atoms with Crippen molar-refractivity contribution in [2.75, 3.05) is 6.61 Å². The summed E-state index contributed by atoms with van der Waals surface area (Å²) in [5.41, 5.74) is 1.10. The van der Waals surface area contributed by atoms with Crippen LogP contribution in [0.2, 0.25) is 0 Å². The third kappa shape index (κ3) is 3.75. The molecule has 1 heterocycles. The summed E-state index contributed by atoms with van der Waals surface area (Å²) in [4.78, 5) is 25.3. The lowest BCUT2D eigenvalue weighted by molar-refractivity contribution is -0.124. The fraction of sp³-hybridized carbons (Fsp3) is 0.444. The van der Waals surface area contributed by atoms with E-state index in [-0.39, 0.29) is 18.6 Å². The van der Waals surface area contributed by atoms with E-state index in [0.29, 0.717) is 6.42 Å². The predicted octanol–water partition coefficient (Wildman–Crippen LogP) is 3.32. The Balaban J connectivity index is 1.58. The molecule has 116 valence electrons. The molecule has 22 heavy (non-hydrogen) atoms. The zero-order valence-corrected chi connectivity index (χ0v) is 12.6. The van der Waals surface area contributed by atoms with Gasteiger partial charge in [0.25, 0.3) is 5.91 Å². The Labute approximate surface area is 130 Å². The van der Waals surface area contributed by atoms with Gasteiger partial charge >= 0.3 is 6.09 Å². The average Bonchev–Trinajstić information content (AvgIpc) is 3.28. The van der Waals surface area contributed by atoms with Gasteiger partial charge in [0.1, 0.15) is 6.61 Å². The first-order valence-corrected chi connectivity index (χ1v) is 7.94. The number of carbonyl (C=O) groups is 2. The van der Waals surface area contributed by atoms with Crippen LogP contribution in [0.15, 0.2) is 42.5 Å². The molecule has 2 fully saturated rings. The van der Waals surface area contributed by atoms with Crippen LogP contribution >= 0.6 is 0 Å². The highest BCUT2D eigenvalue weighted by Gasteiger charge is 2.36. The number of amides is 2. The summed E-state index contributed by atoms with van der Waals surface area (Å²) < 4.78 is 5.06. The lowest BCUT2D eigenvalue weighted by Crippen LogP contribution is -2.39. The number of hydrogen-bond donors (Lipinski definition) is 0. The van der Waals surface area contributed by atoms with E-state index in [2.05, 4.69) is 0 Å². The number of nitrogens with zero attached hydrogens (tertiary/aromatic N) is 1. The van der Waals surface area contributed by atoms with Crippen molar-refractivity contribution in [2.45, 2.75) is 38.1 Å². The van der Waals surface area contributed by atoms with Gasteiger partial charge in [-0.25, -0.2) is 9.69 Å². The minimum absolute atomic E-state index is 0.213. The van der Waals surface area contributed by atoms with Crippen LogP contribution in [0, 0.1) is 5.92 Å². The number of imide groups is 1. The first kappa shape index (κ1) is 14.8. The molecule has 4 heteroatoms. The summed E-state index contributed by atoms with van der Waals surface area (Å²) in [7, 11) is 0. The van der Waals surface area contributed by atoms with E-state index in [9.17, 15) is 9.59 Å². The first-order chi connectivity index (χ1) is 10.7. The molecular formula is C18H21NO3. The minimum atomic E-state index is -0.530. The number of ether oxygens (including phenoxy) is 1. The van der Waals surface area contributed by atoms with Gasteiger partial charge in [0.05, 0.1) is 6.04 Å². The quantitative estimate of drug-likeness (QED) is 0.757. The molecule has 4 nitrogen and oxygen atoms in total. The number of cyclic esters (lactones) is 1. The summed E-state index contributed by atoms with van der Waals surface area (Å²) in [6, 6.07) is 9.64. The van der Waals surface area contributed by atoms with Crippen molar-refractivity contribution in [1.29, 1.82) is 0 Å². The van der Waals surface area contributed by atoms with Crippen LogP contribution in [0.25, 0.3) is 0 Å². The number of allylic oxidation sites excluding steroid dienone is 1. The standard InChI is InChI=1S/C18H21NO3/c20-17(9-5-4-6-14-10-11-14)19-16(13-22-18(19)21)12-15-7-2-1-3-8-15/h1-3,5,7-9,14,16H,4,6,10-13H2. The van der Waals surface area contributed by atoms with Gasteiger partial charge in [-0.15, -0.1) is 0 Å². The van der Waals surface area contributed by atoms with Crippen LogP contribution in [-0.4, -0.2) is 29.5 Å². The van der Waals surface area contributed by atoms with Gasteiger partial charge in [-0.05, 0) is 36.8 Å². The van der Waals surface area contributed by atoms with Gasteiger partial charge in [-0.1, -0.05) is 49.2 Å². The van der Waals surface area contributed by atoms with Gasteiger partial charge in [0, 0.05) is 0 Å². The number of rotatable bonds is 6. The summed E-state index contributed by atoms with van der Waals surface area (Å²) >= 11 is 0. The maximum absolute atomic E-state index is 12.3. The maximum atomic E-state index is 12.3. The fourth-order valence-electron chi connectivity index (χ4n) is 2.77. The molecule has 0 N–H and O–H groups in total. The second-order valence-corrected chi connectivity index (χ2v) is 6.05. The smallest absolute Gasteiger partial charge is 0.417 e. The molecule has 0 bridgehead atoms. The molecule has 1 aliphatic heterocycles. The number of carbonyl (C=O) groups excluding carboxylic acids is 2. The highest BCUT2D eigenvalue weighted by molar-refractivity contribution is 5.99. The zero-order valence-electron chi connectivity index (χ0n) is 12.6. The molecule has 1 aromatic rings. The van der Waals surface area contributed by atoms with Crippen LogP contribution in [0.1, 0.15) is 31.2 Å². The van der Waals surface area contributed by atoms with Crippen molar-refractivity contribution in [3.05, 3.63) is 48.0 Å². The summed E-state index contributed by atoms with van der Waals surface area (Å²) in [5.74, 6) is 0.585. The van der Waals surface area contributed by atoms with Crippen LogP contribution < -0.4 is 0 Å². The maximum Gasteiger partial charge on any atom is 0.417 e. The lowest BCUT2D eigenvalue weighted by atomic mass is 10.1. The summed E-state index contributed by atoms with van der Waals surface area (Å²) in [6.45, 7) is 0.273. The van der Waals surface area contributed by atoms with Gasteiger partial charge in [0.2, 0.25) is 0 Å². The van der Waals surface area contributed by atoms with Crippen LogP contribution in [-0.2, 0) is 16.0 Å². The topological polar surface area (TPSA) is 46.6 Å². The van der Waals surface area contributed by atoms with Crippen molar-refractivity contribution >= 4 is 12.0 Å². The zero-order chi connectivity index (χ0) is 15.4. The molecule has 1 aromatic carbocycles. The minimum Gasteiger partial charge on any atom is -0.447 e. The molecule has 1 aliphatic carbocycles. The second-order valence-electron chi connectivity index (χ2n) is 6.05. The monoisotopic (exact) mass is 299 g/mol. The van der Waals surface area contributed by atoms with Gasteiger partial charge in [-0.2, -0.15) is 0 Å². The fourth-order valence-corrected chi connectivity index (χ4v) is 2.77. The van der Waals surface area contributed by atoms with E-state index in [4.69, 9.17) is 4.74 Å². The Hall–Kier alpha value is -2.10. The highest BCUT2D eigenvalue weighted by atomic mass is 16.6. The second kappa shape index (κ2) is 6.77. The van der Waals surface area contributed by atoms with Crippen LogP contribution in [0.4, 0.5) is 4.79 Å². The summed E-state index contributed by atoms with van der Waals surface area (Å²) in [6.07, 6.45) is 8.19. The van der Waals surface area contributed by atoms with E-state index in [1.54, 1.807) is 0 Å². The molecule has 1 saturated carbocycles. The third-order valence-corrected chi connectivity index (χ3v) is 4.21. The Morgan fingerprint density at radius 2 is 2.05 bits per heavy atom. The molecule has 1 unspecified atom stereocenters. The molecule has 0 spiro atoms. The van der Waals surface area contributed by atoms with E-state index < -0.39 is 6.09 Å². The van der Waals surface area contributed by atoms with Gasteiger partial charge < -0.3 is 4.74 Å². The lowest BCUT2D eigenvalue weighted by Gasteiger charge is -2.18. The Morgan fingerprint density at radius 1 is 1.27 bits per heavy atom. The Morgan fingerprint density at radius 3 is 2.77 bits per heavy atom. The molecule has 2 amide bonds.